The van der Waals surface area contributed by atoms with Gasteiger partial charge in [0.2, 0.25) is 0 Å². The highest BCUT2D eigenvalue weighted by atomic mass is 16.5. The summed E-state index contributed by atoms with van der Waals surface area (Å²) in [5.74, 6) is 7.12. The van der Waals surface area contributed by atoms with Crippen molar-refractivity contribution < 1.29 is 14.2 Å². The first kappa shape index (κ1) is 16.1. The second-order valence-electron chi connectivity index (χ2n) is 4.66. The molecule has 22 heavy (non-hydrogen) atoms. The van der Waals surface area contributed by atoms with Gasteiger partial charge >= 0.3 is 0 Å². The summed E-state index contributed by atoms with van der Waals surface area (Å²) in [7, 11) is 3.30. The van der Waals surface area contributed by atoms with Gasteiger partial charge in [-0.25, -0.2) is 0 Å². The van der Waals surface area contributed by atoms with Crippen LogP contribution in [-0.2, 0) is 9.47 Å². The van der Waals surface area contributed by atoms with Crippen LogP contribution < -0.4 is 4.74 Å². The van der Waals surface area contributed by atoms with Gasteiger partial charge in [0.05, 0.1) is 20.3 Å². The van der Waals surface area contributed by atoms with Crippen molar-refractivity contribution >= 4 is 0 Å². The van der Waals surface area contributed by atoms with E-state index in [-0.39, 0.29) is 6.10 Å². The number of hydrogen-bond acceptors (Lipinski definition) is 3. The number of ether oxygens (including phenoxy) is 3. The van der Waals surface area contributed by atoms with Crippen LogP contribution in [0.15, 0.2) is 54.6 Å². The molecule has 0 fully saturated rings. The Labute approximate surface area is 131 Å². The van der Waals surface area contributed by atoms with Crippen LogP contribution in [0.1, 0.15) is 17.2 Å². The van der Waals surface area contributed by atoms with Crippen molar-refractivity contribution in [3.05, 3.63) is 65.7 Å². The standard InChI is InChI=1S/C19H20O3/c1-20-13-14-22-19(12-11-16-7-4-3-5-8-16)17-9-6-10-18(15-17)21-2/h3-10,15,19H,13-14H2,1-2H3. The molecule has 0 amide bonds. The maximum atomic E-state index is 5.84. The monoisotopic (exact) mass is 296 g/mol. The van der Waals surface area contributed by atoms with Crippen LogP contribution in [0.4, 0.5) is 0 Å². The molecule has 0 spiro atoms. The fraction of sp³-hybridized carbons (Fsp3) is 0.263. The van der Waals surface area contributed by atoms with Crippen molar-refractivity contribution in [2.45, 2.75) is 6.10 Å². The zero-order chi connectivity index (χ0) is 15.6. The fourth-order valence-electron chi connectivity index (χ4n) is 1.95. The molecule has 0 saturated carbocycles. The minimum Gasteiger partial charge on any atom is -0.497 e. The lowest BCUT2D eigenvalue weighted by Crippen LogP contribution is -2.07. The van der Waals surface area contributed by atoms with Gasteiger partial charge in [0, 0.05) is 12.7 Å². The SMILES string of the molecule is COCCOC(C#Cc1ccccc1)c1cccc(OC)c1. The van der Waals surface area contributed by atoms with Crippen LogP contribution in [0.25, 0.3) is 0 Å². The summed E-state index contributed by atoms with van der Waals surface area (Å²) < 4.78 is 16.1. The first-order valence-electron chi connectivity index (χ1n) is 7.14. The molecule has 0 heterocycles. The minimum absolute atomic E-state index is 0.314. The topological polar surface area (TPSA) is 27.7 Å². The van der Waals surface area contributed by atoms with Crippen molar-refractivity contribution in [2.24, 2.45) is 0 Å². The van der Waals surface area contributed by atoms with E-state index in [1.807, 2.05) is 54.6 Å². The highest BCUT2D eigenvalue weighted by Crippen LogP contribution is 2.21. The Morgan fingerprint density at radius 1 is 0.955 bits per heavy atom. The van der Waals surface area contributed by atoms with Gasteiger partial charge in [0.15, 0.2) is 0 Å². The number of rotatable bonds is 6. The van der Waals surface area contributed by atoms with Gasteiger partial charge in [-0.3, -0.25) is 0 Å². The van der Waals surface area contributed by atoms with Crippen LogP contribution in [-0.4, -0.2) is 27.4 Å². The molecule has 2 rings (SSSR count). The predicted octanol–water partition coefficient (Wildman–Crippen LogP) is 3.45. The second-order valence-corrected chi connectivity index (χ2v) is 4.66. The van der Waals surface area contributed by atoms with E-state index in [0.29, 0.717) is 13.2 Å². The zero-order valence-corrected chi connectivity index (χ0v) is 12.9. The van der Waals surface area contributed by atoms with Crippen LogP contribution >= 0.6 is 0 Å². The molecule has 0 aliphatic rings. The first-order chi connectivity index (χ1) is 10.8. The summed E-state index contributed by atoms with van der Waals surface area (Å²) in [4.78, 5) is 0. The molecule has 1 unspecified atom stereocenters. The molecule has 114 valence electrons. The van der Waals surface area contributed by atoms with Crippen LogP contribution in [0.5, 0.6) is 5.75 Å². The quantitative estimate of drug-likeness (QED) is 0.603. The molecular weight excluding hydrogens is 276 g/mol. The van der Waals surface area contributed by atoms with Crippen molar-refractivity contribution in [1.29, 1.82) is 0 Å². The summed E-state index contributed by atoms with van der Waals surface area (Å²) in [5, 5.41) is 0. The Morgan fingerprint density at radius 3 is 2.50 bits per heavy atom. The maximum Gasteiger partial charge on any atom is 0.144 e. The summed E-state index contributed by atoms with van der Waals surface area (Å²) >= 11 is 0. The van der Waals surface area contributed by atoms with Gasteiger partial charge in [-0.05, 0) is 29.8 Å². The van der Waals surface area contributed by atoms with Gasteiger partial charge in [0.1, 0.15) is 11.9 Å². The molecule has 2 aromatic carbocycles. The summed E-state index contributed by atoms with van der Waals surface area (Å²) in [6.07, 6.45) is -0.314. The molecule has 3 heteroatoms. The van der Waals surface area contributed by atoms with E-state index >= 15 is 0 Å². The summed E-state index contributed by atoms with van der Waals surface area (Å²) in [5.41, 5.74) is 1.93. The molecule has 2 aromatic rings. The normalized spacial score (nSPS) is 11.4. The highest BCUT2D eigenvalue weighted by Gasteiger charge is 2.09. The van der Waals surface area contributed by atoms with E-state index in [2.05, 4.69) is 11.8 Å². The maximum absolute atomic E-state index is 5.84. The molecule has 3 nitrogen and oxygen atoms in total. The van der Waals surface area contributed by atoms with Gasteiger partial charge in [0.25, 0.3) is 0 Å². The Hall–Kier alpha value is -2.28. The molecule has 0 aliphatic heterocycles. The molecular formula is C19H20O3. The van der Waals surface area contributed by atoms with E-state index in [1.54, 1.807) is 14.2 Å². The average molecular weight is 296 g/mol. The minimum atomic E-state index is -0.314. The van der Waals surface area contributed by atoms with Crippen LogP contribution in [0, 0.1) is 11.8 Å². The predicted molar refractivity (Wildman–Crippen MR) is 86.9 cm³/mol. The summed E-state index contributed by atoms with van der Waals surface area (Å²) in [6, 6.07) is 17.6. The van der Waals surface area contributed by atoms with Crippen molar-refractivity contribution in [2.75, 3.05) is 27.4 Å². The molecule has 0 aromatic heterocycles. The molecule has 1 atom stereocenters. The number of methoxy groups -OCH3 is 2. The average Bonchev–Trinajstić information content (AvgIpc) is 2.59. The smallest absolute Gasteiger partial charge is 0.144 e. The molecule has 0 N–H and O–H groups in total. The van der Waals surface area contributed by atoms with E-state index in [9.17, 15) is 0 Å². The Balaban J connectivity index is 2.20. The third-order valence-electron chi connectivity index (χ3n) is 3.09. The highest BCUT2D eigenvalue weighted by molar-refractivity contribution is 5.38. The van der Waals surface area contributed by atoms with Crippen molar-refractivity contribution in [3.8, 4) is 17.6 Å². The lowest BCUT2D eigenvalue weighted by atomic mass is 10.1. The van der Waals surface area contributed by atoms with Crippen LogP contribution in [0.3, 0.4) is 0 Å². The van der Waals surface area contributed by atoms with Gasteiger partial charge in [-0.15, -0.1) is 0 Å². The van der Waals surface area contributed by atoms with E-state index in [4.69, 9.17) is 14.2 Å². The zero-order valence-electron chi connectivity index (χ0n) is 12.9. The second kappa shape index (κ2) is 8.89. The largest absolute Gasteiger partial charge is 0.497 e. The lowest BCUT2D eigenvalue weighted by molar-refractivity contribution is 0.0432. The third-order valence-corrected chi connectivity index (χ3v) is 3.09. The fourth-order valence-corrected chi connectivity index (χ4v) is 1.95. The van der Waals surface area contributed by atoms with Crippen molar-refractivity contribution in [1.82, 2.24) is 0 Å². The Bertz CT molecular complexity index is 626. The van der Waals surface area contributed by atoms with Crippen LogP contribution in [0.2, 0.25) is 0 Å². The van der Waals surface area contributed by atoms with Gasteiger partial charge in [-0.1, -0.05) is 42.2 Å². The molecule has 0 bridgehead atoms. The van der Waals surface area contributed by atoms with Crippen molar-refractivity contribution in [3.63, 3.8) is 0 Å². The number of hydrogen-bond donors (Lipinski definition) is 0. The first-order valence-corrected chi connectivity index (χ1v) is 7.14. The third kappa shape index (κ3) is 4.92. The molecule has 0 aliphatic carbocycles. The van der Waals surface area contributed by atoms with E-state index in [1.165, 1.54) is 0 Å². The molecule has 0 radical (unpaired) electrons. The Kier molecular flexibility index (Phi) is 6.50. The Morgan fingerprint density at radius 2 is 1.77 bits per heavy atom. The summed E-state index contributed by atoms with van der Waals surface area (Å²) in [6.45, 7) is 1.02. The van der Waals surface area contributed by atoms with E-state index in [0.717, 1.165) is 16.9 Å². The van der Waals surface area contributed by atoms with Gasteiger partial charge in [-0.2, -0.15) is 0 Å². The number of benzene rings is 2. The molecule has 0 saturated heterocycles. The van der Waals surface area contributed by atoms with E-state index < -0.39 is 0 Å². The van der Waals surface area contributed by atoms with Gasteiger partial charge < -0.3 is 14.2 Å². The lowest BCUT2D eigenvalue weighted by Gasteiger charge is -2.13.